The lowest BCUT2D eigenvalue weighted by Gasteiger charge is -2.18. The summed E-state index contributed by atoms with van der Waals surface area (Å²) in [5.74, 6) is 0. The first-order valence-corrected chi connectivity index (χ1v) is 17.8. The fourth-order valence-electron chi connectivity index (χ4n) is 7.94. The van der Waals surface area contributed by atoms with Crippen LogP contribution in [0.2, 0.25) is 0 Å². The van der Waals surface area contributed by atoms with Crippen LogP contribution in [0.4, 0.5) is 0 Å². The van der Waals surface area contributed by atoms with Gasteiger partial charge in [0.25, 0.3) is 0 Å². The minimum atomic E-state index is -0.254. The van der Waals surface area contributed by atoms with Crippen molar-refractivity contribution in [3.8, 4) is 44.5 Å². The average Bonchev–Trinajstić information content (AvgIpc) is 3.64. The van der Waals surface area contributed by atoms with E-state index in [-0.39, 0.29) is 58.2 Å². The Hall–Kier alpha value is -6.96. The second kappa shape index (κ2) is 11.8. The van der Waals surface area contributed by atoms with Gasteiger partial charge in [0.05, 0.1) is 8.22 Å². The van der Waals surface area contributed by atoms with Crippen LogP contribution in [-0.4, -0.2) is 0 Å². The number of rotatable bonds is 4. The zero-order valence-corrected chi connectivity index (χ0v) is 28.4. The Balaban J connectivity index is 1.12. The first kappa shape index (κ1) is 24.3. The van der Waals surface area contributed by atoms with E-state index >= 15 is 0 Å². The number of hydrogen-bond acceptors (Lipinski definition) is 1. The van der Waals surface area contributed by atoms with E-state index in [1.807, 2.05) is 103 Å². The summed E-state index contributed by atoms with van der Waals surface area (Å²) in [5, 5.41) is 7.54. The van der Waals surface area contributed by atoms with Crippen molar-refractivity contribution in [1.82, 2.24) is 0 Å². The molecule has 11 aromatic rings. The lowest BCUT2D eigenvalue weighted by molar-refractivity contribution is 0.669. The Kier molecular flexibility index (Phi) is 5.40. The maximum absolute atomic E-state index is 9.70. The highest BCUT2D eigenvalue weighted by Crippen LogP contribution is 2.44. The first-order chi connectivity index (χ1) is 28.8. The highest BCUT2D eigenvalue weighted by Gasteiger charge is 2.17. The quantitative estimate of drug-likeness (QED) is 0.169. The molecule has 53 heavy (non-hydrogen) atoms. The zero-order chi connectivity index (χ0) is 40.1. The Morgan fingerprint density at radius 3 is 1.42 bits per heavy atom. The summed E-state index contributed by atoms with van der Waals surface area (Å²) in [4.78, 5) is 0. The molecule has 1 heterocycles. The summed E-state index contributed by atoms with van der Waals surface area (Å²) in [7, 11) is 0. The molecule has 0 bridgehead atoms. The molecule has 1 nitrogen and oxygen atoms in total. The summed E-state index contributed by atoms with van der Waals surface area (Å²) in [5.41, 5.74) is 7.05. The minimum Gasteiger partial charge on any atom is -0.456 e. The van der Waals surface area contributed by atoms with E-state index in [4.69, 9.17) is 4.42 Å². The fourth-order valence-corrected chi connectivity index (χ4v) is 7.94. The molecule has 0 aliphatic rings. The molecule has 10 aromatic carbocycles. The summed E-state index contributed by atoms with van der Waals surface area (Å²) >= 11 is 0. The van der Waals surface area contributed by atoms with Crippen LogP contribution in [0.3, 0.4) is 0 Å². The normalized spacial score (nSPS) is 13.4. The first-order valence-electron chi connectivity index (χ1n) is 20.8. The van der Waals surface area contributed by atoms with Gasteiger partial charge in [-0.1, -0.05) is 152 Å². The number of fused-ring (bicyclic) bond motifs is 7. The van der Waals surface area contributed by atoms with E-state index in [9.17, 15) is 8.22 Å². The Morgan fingerprint density at radius 1 is 0.302 bits per heavy atom. The molecule has 0 saturated carbocycles. The molecule has 1 aromatic heterocycles. The van der Waals surface area contributed by atoms with Crippen LogP contribution in [0.1, 0.15) is 8.22 Å². The second-order valence-corrected chi connectivity index (χ2v) is 13.5. The average molecular weight is 679 g/mol. The summed E-state index contributed by atoms with van der Waals surface area (Å²) in [6.07, 6.45) is 0. The van der Waals surface area contributed by atoms with Crippen molar-refractivity contribution < 1.29 is 12.6 Å². The third-order valence-electron chi connectivity index (χ3n) is 10.5. The molecular weight excluding hydrogens is 641 g/mol. The van der Waals surface area contributed by atoms with Gasteiger partial charge in [0.2, 0.25) is 0 Å². The highest BCUT2D eigenvalue weighted by atomic mass is 16.3. The van der Waals surface area contributed by atoms with Crippen molar-refractivity contribution in [2.24, 2.45) is 0 Å². The monoisotopic (exact) mass is 678 g/mol. The van der Waals surface area contributed by atoms with E-state index in [0.29, 0.717) is 22.3 Å². The maximum Gasteiger partial charge on any atom is 0.135 e. The van der Waals surface area contributed by atoms with Gasteiger partial charge in [0.15, 0.2) is 0 Å². The van der Waals surface area contributed by atoms with Gasteiger partial charge < -0.3 is 4.42 Å². The third kappa shape index (κ3) is 4.86. The van der Waals surface area contributed by atoms with Crippen LogP contribution in [0, 0.1) is 0 Å². The van der Waals surface area contributed by atoms with Gasteiger partial charge in [-0.15, -0.1) is 0 Å². The molecule has 11 rings (SSSR count). The lowest BCUT2D eigenvalue weighted by atomic mass is 9.85. The van der Waals surface area contributed by atoms with E-state index in [0.717, 1.165) is 60.0 Å². The fraction of sp³-hybridized carbons (Fsp3) is 0. The third-order valence-corrected chi connectivity index (χ3v) is 10.5. The topological polar surface area (TPSA) is 13.1 Å². The largest absolute Gasteiger partial charge is 0.456 e. The highest BCUT2D eigenvalue weighted by molar-refractivity contribution is 6.21. The summed E-state index contributed by atoms with van der Waals surface area (Å²) in [6, 6.07) is 51.0. The Morgan fingerprint density at radius 2 is 0.774 bits per heavy atom. The number of hydrogen-bond donors (Lipinski definition) is 0. The SMILES string of the molecule is [2H]c1c(-c2c3ccccc3c(-c3ccccc3)c3ccccc23)c([2H])c2c([2H])c([2H])c(-c3ccc4oc5ccc(-c6ccc7ccccc7c6)cc5c4c3)c([2H])c2c1[2H]. The van der Waals surface area contributed by atoms with Crippen LogP contribution in [0.5, 0.6) is 0 Å². The van der Waals surface area contributed by atoms with Gasteiger partial charge >= 0.3 is 0 Å². The van der Waals surface area contributed by atoms with Crippen LogP contribution in [0.25, 0.3) is 110 Å². The predicted molar refractivity (Wildman–Crippen MR) is 225 cm³/mol. The second-order valence-electron chi connectivity index (χ2n) is 13.5. The van der Waals surface area contributed by atoms with E-state index in [1.165, 1.54) is 5.39 Å². The molecule has 0 aliphatic carbocycles. The van der Waals surface area contributed by atoms with Crippen LogP contribution in [-0.2, 0) is 0 Å². The smallest absolute Gasteiger partial charge is 0.135 e. The molecule has 0 radical (unpaired) electrons. The van der Waals surface area contributed by atoms with Crippen molar-refractivity contribution in [1.29, 1.82) is 0 Å². The molecule has 0 unspecified atom stereocenters. The van der Waals surface area contributed by atoms with Gasteiger partial charge in [-0.2, -0.15) is 0 Å². The Bertz CT molecular complexity index is 3510. The van der Waals surface area contributed by atoms with E-state index in [2.05, 4.69) is 48.5 Å². The maximum atomic E-state index is 9.70. The molecule has 0 aliphatic heterocycles. The molecule has 0 fully saturated rings. The molecule has 0 saturated heterocycles. The van der Waals surface area contributed by atoms with Crippen molar-refractivity contribution in [2.45, 2.75) is 0 Å². The molecule has 0 N–H and O–H groups in total. The van der Waals surface area contributed by atoms with Crippen molar-refractivity contribution in [3.63, 3.8) is 0 Å². The summed E-state index contributed by atoms with van der Waals surface area (Å²) in [6.45, 7) is 0. The van der Waals surface area contributed by atoms with Crippen molar-refractivity contribution >= 4 is 65.0 Å². The van der Waals surface area contributed by atoms with Gasteiger partial charge in [-0.3, -0.25) is 0 Å². The molecule has 0 amide bonds. The van der Waals surface area contributed by atoms with E-state index < -0.39 is 0 Å². The summed E-state index contributed by atoms with van der Waals surface area (Å²) < 4.78 is 63.2. The molecule has 1 heteroatoms. The van der Waals surface area contributed by atoms with E-state index in [1.54, 1.807) is 6.07 Å². The van der Waals surface area contributed by atoms with Crippen LogP contribution in [0.15, 0.2) is 198 Å². The minimum absolute atomic E-state index is 0.0185. The predicted octanol–water partition coefficient (Wildman–Crippen LogP) is 14.9. The lowest BCUT2D eigenvalue weighted by Crippen LogP contribution is -1.90. The molecule has 0 spiro atoms. The van der Waals surface area contributed by atoms with Gasteiger partial charge in [0, 0.05) is 10.8 Å². The standard InChI is InChI=1S/C52H32O/c1-2-11-34(12-3-1)51-43-14-6-8-16-45(43)52(46-17-9-7-15-44(46)51)42-23-22-36-29-38(20-21-39(36)30-42)41-25-27-50-48(32-41)47-31-40(24-26-49(47)53-50)37-19-18-33-10-4-5-13-35(33)28-37/h1-32H/i20D,21D,22D,23D,29D,30D. The zero-order valence-electron chi connectivity index (χ0n) is 34.4. The molecule has 0 atom stereocenters. The number of furan rings is 1. The van der Waals surface area contributed by atoms with Gasteiger partial charge in [-0.25, -0.2) is 0 Å². The van der Waals surface area contributed by atoms with Gasteiger partial charge in [0.1, 0.15) is 11.2 Å². The molecule has 246 valence electrons. The van der Waals surface area contributed by atoms with Crippen LogP contribution < -0.4 is 0 Å². The van der Waals surface area contributed by atoms with Crippen molar-refractivity contribution in [2.75, 3.05) is 0 Å². The van der Waals surface area contributed by atoms with Crippen molar-refractivity contribution in [3.05, 3.63) is 194 Å². The molecular formula is C52H32O. The van der Waals surface area contributed by atoms with Crippen LogP contribution >= 0.6 is 0 Å². The Labute approximate surface area is 315 Å². The number of benzene rings is 10. The van der Waals surface area contributed by atoms with Gasteiger partial charge in [-0.05, 0) is 130 Å².